The van der Waals surface area contributed by atoms with Gasteiger partial charge >= 0.3 is 10.7 Å². The molecule has 0 radical (unpaired) electrons. The zero-order chi connectivity index (χ0) is 19.4. The molecule has 0 aliphatic heterocycles. The van der Waals surface area contributed by atoms with Crippen molar-refractivity contribution in [1.82, 2.24) is 5.27 Å². The van der Waals surface area contributed by atoms with E-state index in [1.54, 1.807) is 11.6 Å². The third-order valence-electron chi connectivity index (χ3n) is 4.27. The van der Waals surface area contributed by atoms with Gasteiger partial charge in [-0.25, -0.2) is 4.79 Å². The first-order valence-electron chi connectivity index (χ1n) is 8.76. The Kier molecular flexibility index (Phi) is 5.81. The van der Waals surface area contributed by atoms with E-state index in [9.17, 15) is 9.59 Å². The highest BCUT2D eigenvalue weighted by atomic mass is 32.2. The van der Waals surface area contributed by atoms with Gasteiger partial charge in [0.05, 0.1) is 5.25 Å². The number of aromatic nitrogens is 2. The first-order valence-corrected chi connectivity index (χ1v) is 9.64. The van der Waals surface area contributed by atoms with Crippen molar-refractivity contribution in [2.75, 3.05) is 5.32 Å². The molecule has 0 fully saturated rings. The van der Waals surface area contributed by atoms with Crippen LogP contribution in [0.25, 0.3) is 5.69 Å². The lowest BCUT2D eigenvalue weighted by Crippen LogP contribution is -2.37. The van der Waals surface area contributed by atoms with Crippen molar-refractivity contribution in [3.05, 3.63) is 70.1 Å². The van der Waals surface area contributed by atoms with E-state index in [1.807, 2.05) is 55.5 Å². The number of hydrogen-bond donors (Lipinski definition) is 2. The maximum atomic E-state index is 12.7. The van der Waals surface area contributed by atoms with Crippen LogP contribution in [0.1, 0.15) is 25.0 Å². The number of benzene rings is 2. The predicted octanol–water partition coefficient (Wildman–Crippen LogP) is 3.23. The van der Waals surface area contributed by atoms with Gasteiger partial charge in [-0.3, -0.25) is 9.32 Å². The van der Waals surface area contributed by atoms with Crippen LogP contribution in [0.3, 0.4) is 0 Å². The largest absolute Gasteiger partial charge is 0.442 e. The van der Waals surface area contributed by atoms with Gasteiger partial charge in [0.1, 0.15) is 0 Å². The number of rotatable bonds is 6. The average Bonchev–Trinajstić information content (AvgIpc) is 3.04. The number of H-pyrrole nitrogens is 1. The molecule has 1 atom stereocenters. The van der Waals surface area contributed by atoms with Crippen molar-refractivity contribution in [1.29, 1.82) is 0 Å². The monoisotopic (exact) mass is 384 g/mol. The molecule has 0 saturated heterocycles. The molecule has 6 nitrogen and oxygen atoms in total. The number of hydrogen-bond acceptors (Lipinski definition) is 4. The van der Waals surface area contributed by atoms with E-state index in [0.717, 1.165) is 40.7 Å². The molecule has 27 heavy (non-hydrogen) atoms. The minimum absolute atomic E-state index is 0.163. The lowest BCUT2D eigenvalue weighted by Gasteiger charge is -2.15. The molecule has 140 valence electrons. The number of nitrogens with one attached hydrogen (secondary N) is 2. The Labute approximate surface area is 161 Å². The second kappa shape index (κ2) is 8.26. The molecule has 1 heterocycles. The van der Waals surface area contributed by atoms with Crippen molar-refractivity contribution in [2.45, 2.75) is 37.5 Å². The van der Waals surface area contributed by atoms with Gasteiger partial charge in [-0.15, -0.1) is 0 Å². The molecule has 0 saturated carbocycles. The Bertz CT molecular complexity index is 995. The molecule has 0 aliphatic carbocycles. The van der Waals surface area contributed by atoms with Crippen LogP contribution in [-0.2, 0) is 11.2 Å². The second-order valence-corrected chi connectivity index (χ2v) is 7.50. The molecule has 3 aromatic rings. The highest BCUT2D eigenvalue weighted by Crippen LogP contribution is 2.24. The average molecular weight is 384 g/mol. The second-order valence-electron chi connectivity index (χ2n) is 6.17. The van der Waals surface area contributed by atoms with Crippen LogP contribution in [0.4, 0.5) is 5.69 Å². The molecule has 0 bridgehead atoms. The summed E-state index contributed by atoms with van der Waals surface area (Å²) in [6.45, 7) is 5.79. The van der Waals surface area contributed by atoms with Crippen molar-refractivity contribution in [3.63, 3.8) is 0 Å². The minimum Gasteiger partial charge on any atom is -0.325 e. The number of para-hydroxylation sites is 2. The summed E-state index contributed by atoms with van der Waals surface area (Å²) in [5, 5.41) is 5.44. The van der Waals surface area contributed by atoms with Gasteiger partial charge in [-0.2, -0.15) is 0 Å². The number of carbonyl (C=O) groups excluding carboxylic acids is 1. The van der Waals surface area contributed by atoms with E-state index in [-0.39, 0.29) is 5.91 Å². The molecular weight excluding hydrogens is 362 g/mol. The van der Waals surface area contributed by atoms with Crippen LogP contribution in [-0.4, -0.2) is 16.4 Å². The fourth-order valence-electron chi connectivity index (χ4n) is 2.76. The first kappa shape index (κ1) is 19.0. The van der Waals surface area contributed by atoms with Gasteiger partial charge in [0.25, 0.3) is 0 Å². The summed E-state index contributed by atoms with van der Waals surface area (Å²) in [5.41, 5.74) is 3.19. The number of aryl methyl sites for hydroxylation is 2. The number of anilines is 1. The maximum Gasteiger partial charge on any atom is 0.442 e. The molecule has 0 spiro atoms. The molecule has 3 rings (SSSR count). The van der Waals surface area contributed by atoms with Gasteiger partial charge < -0.3 is 5.32 Å². The number of nitrogens with zero attached hydrogens (tertiary/aromatic N) is 1. The molecule has 0 aliphatic rings. The van der Waals surface area contributed by atoms with E-state index in [0.29, 0.717) is 5.03 Å². The Balaban J connectivity index is 1.81. The predicted molar refractivity (Wildman–Crippen MR) is 105 cm³/mol. The van der Waals surface area contributed by atoms with Gasteiger partial charge in [-0.1, -0.05) is 43.3 Å². The fourth-order valence-corrected chi connectivity index (χ4v) is 3.65. The zero-order valence-electron chi connectivity index (χ0n) is 15.5. The first-order chi connectivity index (χ1) is 13.0. The Hall–Kier alpha value is -2.80. The van der Waals surface area contributed by atoms with E-state index in [2.05, 4.69) is 17.5 Å². The van der Waals surface area contributed by atoms with Crippen LogP contribution in [0, 0.1) is 6.92 Å². The Morgan fingerprint density at radius 1 is 1.22 bits per heavy atom. The SMILES string of the molecule is CCc1cccc(C)c1NC(=O)C(C)Sc1c(=O)o[nH][n+]1-c1ccccc1. The van der Waals surface area contributed by atoms with Crippen LogP contribution >= 0.6 is 11.8 Å². The summed E-state index contributed by atoms with van der Waals surface area (Å²) >= 11 is 1.16. The number of amides is 1. The van der Waals surface area contributed by atoms with E-state index in [1.165, 1.54) is 0 Å². The highest BCUT2D eigenvalue weighted by Gasteiger charge is 2.29. The topological polar surface area (TPSA) is 79.0 Å². The number of carbonyl (C=O) groups is 1. The van der Waals surface area contributed by atoms with E-state index in [4.69, 9.17) is 4.52 Å². The normalized spacial score (nSPS) is 12.0. The van der Waals surface area contributed by atoms with Crippen molar-refractivity contribution >= 4 is 23.4 Å². The molecule has 1 amide bonds. The zero-order valence-corrected chi connectivity index (χ0v) is 16.3. The lowest BCUT2D eigenvalue weighted by atomic mass is 10.1. The van der Waals surface area contributed by atoms with Crippen LogP contribution < -0.4 is 15.6 Å². The number of thioether (sulfide) groups is 1. The molecular formula is C20H22N3O3S+. The summed E-state index contributed by atoms with van der Waals surface area (Å²) in [5.74, 6) is -0.163. The third kappa shape index (κ3) is 4.14. The van der Waals surface area contributed by atoms with Gasteiger partial charge in [0, 0.05) is 17.8 Å². The fraction of sp³-hybridized carbons (Fsp3) is 0.250. The summed E-state index contributed by atoms with van der Waals surface area (Å²) in [4.78, 5) is 24.8. The smallest absolute Gasteiger partial charge is 0.325 e. The third-order valence-corrected chi connectivity index (χ3v) is 5.41. The van der Waals surface area contributed by atoms with Gasteiger partial charge in [-0.05, 0) is 53.1 Å². The lowest BCUT2D eigenvalue weighted by molar-refractivity contribution is -0.704. The van der Waals surface area contributed by atoms with E-state index < -0.39 is 10.9 Å². The molecule has 1 aromatic heterocycles. The van der Waals surface area contributed by atoms with E-state index >= 15 is 0 Å². The van der Waals surface area contributed by atoms with Crippen molar-refractivity contribution in [2.24, 2.45) is 0 Å². The van der Waals surface area contributed by atoms with Crippen LogP contribution in [0.15, 0.2) is 62.9 Å². The summed E-state index contributed by atoms with van der Waals surface area (Å²) in [6.07, 6.45) is 0.828. The Morgan fingerprint density at radius 3 is 2.67 bits per heavy atom. The maximum absolute atomic E-state index is 12.7. The highest BCUT2D eigenvalue weighted by molar-refractivity contribution is 8.00. The summed E-state index contributed by atoms with van der Waals surface area (Å²) < 4.78 is 6.48. The molecule has 2 aromatic carbocycles. The van der Waals surface area contributed by atoms with Gasteiger partial charge in [0.15, 0.2) is 0 Å². The summed E-state index contributed by atoms with van der Waals surface area (Å²) in [7, 11) is 0. The van der Waals surface area contributed by atoms with Crippen LogP contribution in [0.2, 0.25) is 0 Å². The van der Waals surface area contributed by atoms with Crippen molar-refractivity contribution < 1.29 is 14.0 Å². The molecule has 2 N–H and O–H groups in total. The minimum atomic E-state index is -0.506. The summed E-state index contributed by atoms with van der Waals surface area (Å²) in [6, 6.07) is 15.3. The quantitative estimate of drug-likeness (QED) is 0.505. The number of aromatic amines is 1. The Morgan fingerprint density at radius 2 is 1.96 bits per heavy atom. The molecule has 7 heteroatoms. The molecule has 1 unspecified atom stereocenters. The van der Waals surface area contributed by atoms with Gasteiger partial charge in [0.2, 0.25) is 11.6 Å². The van der Waals surface area contributed by atoms with Crippen LogP contribution in [0.5, 0.6) is 0 Å². The van der Waals surface area contributed by atoms with Crippen molar-refractivity contribution in [3.8, 4) is 5.69 Å². The standard InChI is InChI=1S/C20H21N3O3S/c1-4-15-10-8-9-13(2)17(15)21-18(24)14(3)27-19-20(25)26-22-23(19)16-11-6-5-7-12-16/h5-12,14H,4H2,1-3H3,(H-,21,22,24,25)/p+1.